The van der Waals surface area contributed by atoms with Crippen LogP contribution in [0.15, 0.2) is 12.2 Å². The molecular formula is C10H16ClNO. The molecule has 13 heavy (non-hydrogen) atoms. The standard InChI is InChI=1S/C10H16ClNO/c1-9(2)5-6-10(3,4)12(9)8(13)7-11/h5-6H,7H2,1-4H3. The average molecular weight is 202 g/mol. The highest BCUT2D eigenvalue weighted by molar-refractivity contribution is 6.27. The number of nitrogens with zero attached hydrogens (tertiary/aromatic N) is 1. The van der Waals surface area contributed by atoms with Gasteiger partial charge in [-0.25, -0.2) is 0 Å². The quantitative estimate of drug-likeness (QED) is 0.471. The summed E-state index contributed by atoms with van der Waals surface area (Å²) in [5.41, 5.74) is -0.426. The Balaban J connectivity index is 2.99. The van der Waals surface area contributed by atoms with Crippen LogP contribution in [-0.2, 0) is 4.79 Å². The monoisotopic (exact) mass is 201 g/mol. The predicted octanol–water partition coefficient (Wildman–Crippen LogP) is 2.18. The molecule has 1 aliphatic heterocycles. The first-order valence-corrected chi connectivity index (χ1v) is 4.94. The van der Waals surface area contributed by atoms with Crippen molar-refractivity contribution in [3.05, 3.63) is 12.2 Å². The number of carbonyl (C=O) groups is 1. The fraction of sp³-hybridized carbons (Fsp3) is 0.700. The Morgan fingerprint density at radius 2 is 1.62 bits per heavy atom. The Hall–Kier alpha value is -0.500. The number of amides is 1. The van der Waals surface area contributed by atoms with Gasteiger partial charge in [0.1, 0.15) is 5.88 Å². The van der Waals surface area contributed by atoms with Gasteiger partial charge in [0.15, 0.2) is 0 Å². The van der Waals surface area contributed by atoms with Gasteiger partial charge in [0.2, 0.25) is 5.91 Å². The topological polar surface area (TPSA) is 20.3 Å². The van der Waals surface area contributed by atoms with Gasteiger partial charge in [0, 0.05) is 0 Å². The summed E-state index contributed by atoms with van der Waals surface area (Å²) in [5, 5.41) is 0. The molecule has 74 valence electrons. The molecule has 0 aliphatic carbocycles. The van der Waals surface area contributed by atoms with Crippen molar-refractivity contribution in [2.75, 3.05) is 5.88 Å². The van der Waals surface area contributed by atoms with Crippen molar-refractivity contribution in [1.82, 2.24) is 4.90 Å². The summed E-state index contributed by atoms with van der Waals surface area (Å²) < 4.78 is 0. The molecule has 0 aromatic rings. The van der Waals surface area contributed by atoms with Crippen molar-refractivity contribution in [3.8, 4) is 0 Å². The SMILES string of the molecule is CC1(C)C=CC(C)(C)N1C(=O)CCl. The van der Waals surface area contributed by atoms with Gasteiger partial charge in [-0.15, -0.1) is 11.6 Å². The number of alkyl halides is 1. The Labute approximate surface area is 84.6 Å². The Morgan fingerprint density at radius 1 is 1.23 bits per heavy atom. The molecular weight excluding hydrogens is 186 g/mol. The second-order valence-electron chi connectivity index (χ2n) is 4.50. The molecule has 0 spiro atoms. The number of rotatable bonds is 1. The second-order valence-corrected chi connectivity index (χ2v) is 4.77. The van der Waals surface area contributed by atoms with Gasteiger partial charge in [0.05, 0.1) is 11.1 Å². The highest BCUT2D eigenvalue weighted by Crippen LogP contribution is 2.34. The summed E-state index contributed by atoms with van der Waals surface area (Å²) in [6, 6.07) is 0. The lowest BCUT2D eigenvalue weighted by atomic mass is 10.0. The molecule has 0 aromatic heterocycles. The summed E-state index contributed by atoms with van der Waals surface area (Å²) in [6.45, 7) is 8.07. The lowest BCUT2D eigenvalue weighted by molar-refractivity contribution is -0.135. The minimum atomic E-state index is -0.213. The maximum absolute atomic E-state index is 11.6. The second kappa shape index (κ2) is 3.02. The van der Waals surface area contributed by atoms with Crippen LogP contribution in [0.1, 0.15) is 27.7 Å². The molecule has 0 bridgehead atoms. The first-order valence-electron chi connectivity index (χ1n) is 4.41. The molecule has 0 atom stereocenters. The van der Waals surface area contributed by atoms with Crippen LogP contribution >= 0.6 is 11.6 Å². The maximum Gasteiger partial charge on any atom is 0.238 e. The van der Waals surface area contributed by atoms with Gasteiger partial charge < -0.3 is 4.90 Å². The van der Waals surface area contributed by atoms with Crippen molar-refractivity contribution in [1.29, 1.82) is 0 Å². The van der Waals surface area contributed by atoms with E-state index in [4.69, 9.17) is 11.6 Å². The van der Waals surface area contributed by atoms with E-state index in [1.54, 1.807) is 0 Å². The predicted molar refractivity (Wildman–Crippen MR) is 54.9 cm³/mol. The van der Waals surface area contributed by atoms with Crippen LogP contribution in [0.3, 0.4) is 0 Å². The van der Waals surface area contributed by atoms with E-state index in [0.717, 1.165) is 0 Å². The largest absolute Gasteiger partial charge is 0.325 e. The van der Waals surface area contributed by atoms with E-state index in [1.807, 2.05) is 32.6 Å². The van der Waals surface area contributed by atoms with Crippen LogP contribution in [0.2, 0.25) is 0 Å². The van der Waals surface area contributed by atoms with E-state index in [1.165, 1.54) is 0 Å². The zero-order valence-corrected chi connectivity index (χ0v) is 9.35. The van der Waals surface area contributed by atoms with Gasteiger partial charge in [-0.05, 0) is 27.7 Å². The lowest BCUT2D eigenvalue weighted by Crippen LogP contribution is -2.53. The normalized spacial score (nSPS) is 23.6. The van der Waals surface area contributed by atoms with Crippen LogP contribution in [0.4, 0.5) is 0 Å². The fourth-order valence-corrected chi connectivity index (χ4v) is 2.12. The maximum atomic E-state index is 11.6. The van der Waals surface area contributed by atoms with Gasteiger partial charge in [0.25, 0.3) is 0 Å². The third-order valence-electron chi connectivity index (χ3n) is 2.42. The summed E-state index contributed by atoms with van der Waals surface area (Å²) in [6.07, 6.45) is 4.11. The van der Waals surface area contributed by atoms with Crippen molar-refractivity contribution >= 4 is 17.5 Å². The number of hydrogen-bond acceptors (Lipinski definition) is 1. The Kier molecular flexibility index (Phi) is 2.46. The first kappa shape index (κ1) is 10.6. The van der Waals surface area contributed by atoms with Crippen LogP contribution in [0.25, 0.3) is 0 Å². The van der Waals surface area contributed by atoms with E-state index in [0.29, 0.717) is 0 Å². The van der Waals surface area contributed by atoms with Gasteiger partial charge >= 0.3 is 0 Å². The first-order chi connectivity index (χ1) is 5.81. The summed E-state index contributed by atoms with van der Waals surface area (Å²) in [7, 11) is 0. The van der Waals surface area contributed by atoms with Crippen LogP contribution < -0.4 is 0 Å². The van der Waals surface area contributed by atoms with Gasteiger partial charge in [-0.2, -0.15) is 0 Å². The molecule has 0 saturated heterocycles. The molecule has 0 unspecified atom stereocenters. The van der Waals surface area contributed by atoms with Crippen LogP contribution in [0, 0.1) is 0 Å². The third kappa shape index (κ3) is 1.73. The fourth-order valence-electron chi connectivity index (χ4n) is 2.00. The summed E-state index contributed by atoms with van der Waals surface area (Å²) in [5.74, 6) is 0.0378. The molecule has 0 fully saturated rings. The highest BCUT2D eigenvalue weighted by atomic mass is 35.5. The highest BCUT2D eigenvalue weighted by Gasteiger charge is 2.42. The number of halogens is 1. The minimum absolute atomic E-state index is 0.0123. The zero-order valence-electron chi connectivity index (χ0n) is 8.60. The van der Waals surface area contributed by atoms with Crippen molar-refractivity contribution in [3.63, 3.8) is 0 Å². The molecule has 0 radical (unpaired) electrons. The molecule has 0 aromatic carbocycles. The molecule has 0 N–H and O–H groups in total. The summed E-state index contributed by atoms with van der Waals surface area (Å²) >= 11 is 5.57. The average Bonchev–Trinajstić information content (AvgIpc) is 2.20. The van der Waals surface area contributed by atoms with Crippen LogP contribution in [-0.4, -0.2) is 27.8 Å². The number of carbonyl (C=O) groups excluding carboxylic acids is 1. The van der Waals surface area contributed by atoms with Crippen molar-refractivity contribution in [2.45, 2.75) is 38.8 Å². The van der Waals surface area contributed by atoms with E-state index in [-0.39, 0.29) is 22.9 Å². The zero-order chi connectivity index (χ0) is 10.3. The number of hydrogen-bond donors (Lipinski definition) is 0. The van der Waals surface area contributed by atoms with Gasteiger partial charge in [-0.3, -0.25) is 4.79 Å². The molecule has 1 rings (SSSR count). The van der Waals surface area contributed by atoms with E-state index in [9.17, 15) is 4.79 Å². The Morgan fingerprint density at radius 3 is 1.92 bits per heavy atom. The van der Waals surface area contributed by atoms with Gasteiger partial charge in [-0.1, -0.05) is 12.2 Å². The van der Waals surface area contributed by atoms with E-state index in [2.05, 4.69) is 12.2 Å². The molecule has 1 amide bonds. The van der Waals surface area contributed by atoms with Crippen LogP contribution in [0.5, 0.6) is 0 Å². The lowest BCUT2D eigenvalue weighted by Gasteiger charge is -2.40. The smallest absolute Gasteiger partial charge is 0.238 e. The minimum Gasteiger partial charge on any atom is -0.325 e. The summed E-state index contributed by atoms with van der Waals surface area (Å²) in [4.78, 5) is 13.4. The van der Waals surface area contributed by atoms with E-state index < -0.39 is 0 Å². The molecule has 3 heteroatoms. The van der Waals surface area contributed by atoms with E-state index >= 15 is 0 Å². The molecule has 2 nitrogen and oxygen atoms in total. The third-order valence-corrected chi connectivity index (χ3v) is 2.64. The van der Waals surface area contributed by atoms with Crippen molar-refractivity contribution in [2.24, 2.45) is 0 Å². The van der Waals surface area contributed by atoms with Crippen molar-refractivity contribution < 1.29 is 4.79 Å². The molecule has 1 aliphatic rings. The molecule has 1 heterocycles. The molecule has 0 saturated carbocycles. The Bertz CT molecular complexity index is 238.